The molecule has 1 aromatic carbocycles. The van der Waals surface area contributed by atoms with Gasteiger partial charge in [0.15, 0.2) is 0 Å². The van der Waals surface area contributed by atoms with Crippen molar-refractivity contribution in [2.24, 2.45) is 0 Å². The van der Waals surface area contributed by atoms with E-state index in [1.54, 1.807) is 12.1 Å². The van der Waals surface area contributed by atoms with E-state index in [0.717, 1.165) is 0 Å². The molecule has 2 heteroatoms. The molecule has 0 aliphatic rings. The summed E-state index contributed by atoms with van der Waals surface area (Å²) in [6.45, 7) is 0. The van der Waals surface area contributed by atoms with Gasteiger partial charge in [-0.15, -0.1) is 6.07 Å². The Hall–Kier alpha value is 2.05. The van der Waals surface area contributed by atoms with Crippen molar-refractivity contribution in [1.29, 1.82) is 0 Å². The van der Waals surface area contributed by atoms with Crippen LogP contribution < -0.4 is 103 Å². The van der Waals surface area contributed by atoms with Crippen molar-refractivity contribution in [3.8, 4) is 5.92 Å². The monoisotopic (exact) mass is 178 g/mol. The average molecular weight is 178 g/mol. The Morgan fingerprint density at radius 1 is 1.30 bits per heavy atom. The van der Waals surface area contributed by atoms with Crippen LogP contribution in [0.4, 0.5) is 0 Å². The molecule has 0 amide bonds. The quantitative estimate of drug-likeness (QED) is 0.213. The fourth-order valence-corrected chi connectivity index (χ4v) is 0.471. The van der Waals surface area contributed by atoms with Gasteiger partial charge < -0.3 is 12.3 Å². The second-order valence-electron chi connectivity index (χ2n) is 1.40. The maximum Gasteiger partial charge on any atom is 1.00 e. The third kappa shape index (κ3) is 5.67. The first-order chi connectivity index (χ1) is 3.93. The Morgan fingerprint density at radius 3 is 2.30 bits per heavy atom. The van der Waals surface area contributed by atoms with Crippen molar-refractivity contribution in [3.05, 3.63) is 42.3 Å². The van der Waals surface area contributed by atoms with E-state index >= 15 is 0 Å². The topological polar surface area (TPSA) is 0 Å². The first-order valence-electron chi connectivity index (χ1n) is 2.33. The predicted molar refractivity (Wildman–Crippen MR) is 31.5 cm³/mol. The van der Waals surface area contributed by atoms with Gasteiger partial charge in [-0.2, -0.15) is 12.1 Å². The minimum Gasteiger partial charge on any atom is -0.437 e. The van der Waals surface area contributed by atoms with Gasteiger partial charge in [0.2, 0.25) is 0 Å². The van der Waals surface area contributed by atoms with Crippen LogP contribution >= 0.6 is 0 Å². The maximum atomic E-state index is 6.66. The van der Waals surface area contributed by atoms with Crippen molar-refractivity contribution in [3.63, 3.8) is 0 Å². The van der Waals surface area contributed by atoms with E-state index in [1.807, 2.05) is 12.1 Å². The molecule has 0 radical (unpaired) electrons. The number of benzene rings is 1. The van der Waals surface area contributed by atoms with E-state index in [1.165, 1.54) is 0 Å². The predicted octanol–water partition coefficient (Wildman–Crippen LogP) is -4.57. The minimum atomic E-state index is 0. The van der Waals surface area contributed by atoms with Gasteiger partial charge in [-0.3, -0.25) is 5.56 Å². The molecule has 0 bridgehead atoms. The maximum absolute atomic E-state index is 6.66. The Labute approximate surface area is 147 Å². The van der Waals surface area contributed by atoms with Crippen LogP contribution in [0.15, 0.2) is 24.3 Å². The molecule has 0 fully saturated rings. The molecule has 38 valence electrons. The van der Waals surface area contributed by atoms with Crippen LogP contribution in [0.3, 0.4) is 0 Å². The SMILES string of the molecule is [C-]#Cc1[c-]cccc1.[K+].[K+]. The second-order valence-corrected chi connectivity index (χ2v) is 1.40. The molecular weight excluding hydrogens is 174 g/mol. The van der Waals surface area contributed by atoms with E-state index < -0.39 is 0 Å². The third-order valence-electron chi connectivity index (χ3n) is 0.844. The molecule has 0 atom stereocenters. The number of hydrogen-bond donors (Lipinski definition) is 0. The van der Waals surface area contributed by atoms with E-state index in [2.05, 4.69) is 12.0 Å². The largest absolute Gasteiger partial charge is 1.00 e. The smallest absolute Gasteiger partial charge is 0.437 e. The van der Waals surface area contributed by atoms with Gasteiger partial charge in [-0.25, -0.2) is 12.1 Å². The normalized spacial score (nSPS) is 6.30. The van der Waals surface area contributed by atoms with Gasteiger partial charge in [-0.05, 0) is 0 Å². The molecule has 0 aliphatic heterocycles. The van der Waals surface area contributed by atoms with Gasteiger partial charge >= 0.3 is 103 Å². The summed E-state index contributed by atoms with van der Waals surface area (Å²) in [7, 11) is 0. The summed E-state index contributed by atoms with van der Waals surface area (Å²) in [6.07, 6.45) is 6.66. The van der Waals surface area contributed by atoms with Crippen molar-refractivity contribution >= 4 is 0 Å². The van der Waals surface area contributed by atoms with Crippen LogP contribution in [-0.2, 0) is 0 Å². The Kier molecular flexibility index (Phi) is 13.3. The van der Waals surface area contributed by atoms with Gasteiger partial charge in [0, 0.05) is 0 Å². The van der Waals surface area contributed by atoms with Crippen LogP contribution in [0.1, 0.15) is 5.56 Å². The Morgan fingerprint density at radius 2 is 2.00 bits per heavy atom. The van der Waals surface area contributed by atoms with Crippen LogP contribution in [0.5, 0.6) is 0 Å². The van der Waals surface area contributed by atoms with Gasteiger partial charge in [0.25, 0.3) is 0 Å². The van der Waals surface area contributed by atoms with E-state index in [0.29, 0.717) is 5.56 Å². The summed E-state index contributed by atoms with van der Waals surface area (Å²) in [5.41, 5.74) is 0.701. The second kappa shape index (κ2) is 9.14. The molecule has 0 aliphatic carbocycles. The van der Waals surface area contributed by atoms with Crippen molar-refractivity contribution in [1.82, 2.24) is 0 Å². The van der Waals surface area contributed by atoms with Crippen LogP contribution in [0, 0.1) is 18.4 Å². The van der Waals surface area contributed by atoms with Gasteiger partial charge in [0.1, 0.15) is 0 Å². The van der Waals surface area contributed by atoms with Crippen molar-refractivity contribution in [2.45, 2.75) is 0 Å². The first-order valence-corrected chi connectivity index (χ1v) is 2.33. The summed E-state index contributed by atoms with van der Waals surface area (Å²) < 4.78 is 0. The van der Waals surface area contributed by atoms with E-state index in [9.17, 15) is 0 Å². The summed E-state index contributed by atoms with van der Waals surface area (Å²) in [6, 6.07) is 10.1. The van der Waals surface area contributed by atoms with Crippen LogP contribution in [0.2, 0.25) is 0 Å². The fraction of sp³-hybridized carbons (Fsp3) is 0. The summed E-state index contributed by atoms with van der Waals surface area (Å²) in [5.74, 6) is 2.22. The first kappa shape index (κ1) is 14.6. The molecule has 0 aromatic heterocycles. The zero-order chi connectivity index (χ0) is 5.82. The molecule has 0 N–H and O–H groups in total. The van der Waals surface area contributed by atoms with Gasteiger partial charge in [-0.1, -0.05) is 0 Å². The van der Waals surface area contributed by atoms with Gasteiger partial charge in [0.05, 0.1) is 0 Å². The summed E-state index contributed by atoms with van der Waals surface area (Å²) in [4.78, 5) is 0. The number of rotatable bonds is 0. The molecule has 1 rings (SSSR count). The molecule has 0 saturated heterocycles. The number of hydrogen-bond acceptors (Lipinski definition) is 0. The van der Waals surface area contributed by atoms with Crippen LogP contribution in [-0.4, -0.2) is 0 Å². The molecule has 0 spiro atoms. The zero-order valence-corrected chi connectivity index (χ0v) is 12.6. The van der Waals surface area contributed by atoms with Crippen LogP contribution in [0.25, 0.3) is 0 Å². The minimum absolute atomic E-state index is 0. The molecular formula is C8H4K2. The Bertz CT molecular complexity index is 198. The molecule has 0 heterocycles. The summed E-state index contributed by atoms with van der Waals surface area (Å²) in [5, 5.41) is 0. The molecule has 1 aromatic rings. The Balaban J connectivity index is 0. The summed E-state index contributed by atoms with van der Waals surface area (Å²) >= 11 is 0. The van der Waals surface area contributed by atoms with E-state index in [-0.39, 0.29) is 103 Å². The third-order valence-corrected chi connectivity index (χ3v) is 0.844. The molecule has 0 saturated carbocycles. The fourth-order valence-electron chi connectivity index (χ4n) is 0.471. The van der Waals surface area contributed by atoms with E-state index in [4.69, 9.17) is 6.42 Å². The molecule has 10 heavy (non-hydrogen) atoms. The average Bonchev–Trinajstić information content (AvgIpc) is 1.90. The molecule has 0 nitrogen and oxygen atoms in total. The standard InChI is InChI=1S/C8H4.2K/c1-2-8-6-4-3-5-7-8;;/h3-6H;;/q-2;2*+1. The zero-order valence-electron chi connectivity index (χ0n) is 6.31. The van der Waals surface area contributed by atoms with Crippen molar-refractivity contribution in [2.75, 3.05) is 0 Å². The molecule has 0 unspecified atom stereocenters. The van der Waals surface area contributed by atoms with Crippen molar-refractivity contribution < 1.29 is 103 Å².